The number of hydrogen-bond donors (Lipinski definition) is 1. The Morgan fingerprint density at radius 2 is 2.31 bits per heavy atom. The van der Waals surface area contributed by atoms with Gasteiger partial charge in [0.25, 0.3) is 0 Å². The second-order valence-electron chi connectivity index (χ2n) is 3.23. The molecule has 2 nitrogen and oxygen atoms in total. The van der Waals surface area contributed by atoms with Crippen molar-refractivity contribution in [3.63, 3.8) is 0 Å². The van der Waals surface area contributed by atoms with E-state index in [1.54, 1.807) is 25.4 Å². The number of nitrogens with one attached hydrogen (secondary N) is 1. The van der Waals surface area contributed by atoms with Crippen LogP contribution in [0.3, 0.4) is 0 Å². The van der Waals surface area contributed by atoms with Crippen LogP contribution in [0.2, 0.25) is 5.02 Å². The maximum absolute atomic E-state index is 13.7. The quantitative estimate of drug-likeness (QED) is 0.912. The number of aromatic nitrogens is 1. The first-order chi connectivity index (χ1) is 7.74. The van der Waals surface area contributed by atoms with E-state index in [1.807, 2.05) is 5.38 Å². The molecule has 0 radical (unpaired) electrons. The molecule has 5 heteroatoms. The van der Waals surface area contributed by atoms with Crippen molar-refractivity contribution in [1.82, 2.24) is 10.3 Å². The highest BCUT2D eigenvalue weighted by molar-refractivity contribution is 7.09. The molecule has 1 aromatic heterocycles. The van der Waals surface area contributed by atoms with E-state index < -0.39 is 0 Å². The molecule has 84 valence electrons. The van der Waals surface area contributed by atoms with Crippen LogP contribution in [0.1, 0.15) is 16.6 Å². The maximum Gasteiger partial charge on any atom is 0.129 e. The molecule has 0 bridgehead atoms. The highest BCUT2D eigenvalue weighted by Crippen LogP contribution is 2.31. The molecule has 0 fully saturated rings. The van der Waals surface area contributed by atoms with E-state index in [9.17, 15) is 4.39 Å². The Kier molecular flexibility index (Phi) is 3.53. The molecular formula is C11H10ClFN2S. The lowest BCUT2D eigenvalue weighted by atomic mass is 10.1. The first-order valence-corrected chi connectivity index (χ1v) is 6.00. The Labute approximate surface area is 102 Å². The van der Waals surface area contributed by atoms with Crippen molar-refractivity contribution < 1.29 is 4.39 Å². The summed E-state index contributed by atoms with van der Waals surface area (Å²) in [5.74, 6) is -0.318. The van der Waals surface area contributed by atoms with Crippen LogP contribution in [-0.2, 0) is 0 Å². The molecule has 2 aromatic rings. The molecule has 1 aromatic carbocycles. The highest BCUT2D eigenvalue weighted by atomic mass is 35.5. The van der Waals surface area contributed by atoms with Gasteiger partial charge in [0, 0.05) is 22.2 Å². The van der Waals surface area contributed by atoms with Gasteiger partial charge in [-0.25, -0.2) is 9.37 Å². The summed E-state index contributed by atoms with van der Waals surface area (Å²) >= 11 is 7.49. The van der Waals surface area contributed by atoms with Crippen LogP contribution in [-0.4, -0.2) is 12.0 Å². The van der Waals surface area contributed by atoms with E-state index in [4.69, 9.17) is 11.6 Å². The summed E-state index contributed by atoms with van der Waals surface area (Å²) in [4.78, 5) is 4.18. The minimum absolute atomic E-state index is 0.298. The van der Waals surface area contributed by atoms with Crippen molar-refractivity contribution in [2.75, 3.05) is 7.05 Å². The normalized spacial score (nSPS) is 12.7. The summed E-state index contributed by atoms with van der Waals surface area (Å²) in [6.07, 6.45) is 1.69. The zero-order valence-corrected chi connectivity index (χ0v) is 10.1. The molecule has 1 heterocycles. The summed E-state index contributed by atoms with van der Waals surface area (Å²) in [7, 11) is 1.76. The van der Waals surface area contributed by atoms with Crippen molar-refractivity contribution in [2.45, 2.75) is 6.04 Å². The number of nitrogens with zero attached hydrogens (tertiary/aromatic N) is 1. The predicted molar refractivity (Wildman–Crippen MR) is 64.4 cm³/mol. The van der Waals surface area contributed by atoms with E-state index >= 15 is 0 Å². The monoisotopic (exact) mass is 256 g/mol. The summed E-state index contributed by atoms with van der Waals surface area (Å²) in [6.45, 7) is 0. The van der Waals surface area contributed by atoms with Crippen LogP contribution in [0.4, 0.5) is 4.39 Å². The number of halogens is 2. The van der Waals surface area contributed by atoms with Crippen LogP contribution in [0.5, 0.6) is 0 Å². The standard InChI is InChI=1S/C11H10ClFN2S/c1-14-10(11-15-5-6-16-11)9-7(12)3-2-4-8(9)13/h2-6,10,14H,1H3. The van der Waals surface area contributed by atoms with Gasteiger partial charge in [-0.05, 0) is 19.2 Å². The molecular weight excluding hydrogens is 247 g/mol. The minimum Gasteiger partial charge on any atom is -0.307 e. The van der Waals surface area contributed by atoms with Gasteiger partial charge in [-0.3, -0.25) is 0 Å². The summed E-state index contributed by atoms with van der Waals surface area (Å²) in [5, 5.41) is 6.09. The molecule has 0 aliphatic carbocycles. The molecule has 1 N–H and O–H groups in total. The zero-order valence-electron chi connectivity index (χ0n) is 8.58. The molecule has 2 rings (SSSR count). The molecule has 0 saturated heterocycles. The van der Waals surface area contributed by atoms with Crippen molar-refractivity contribution in [2.24, 2.45) is 0 Å². The average molecular weight is 257 g/mol. The van der Waals surface area contributed by atoms with Gasteiger partial charge in [-0.1, -0.05) is 17.7 Å². The number of rotatable bonds is 3. The Balaban J connectivity index is 2.49. The number of benzene rings is 1. The third-order valence-electron chi connectivity index (χ3n) is 2.28. The Bertz CT molecular complexity index is 453. The first kappa shape index (κ1) is 11.5. The lowest BCUT2D eigenvalue weighted by Gasteiger charge is -2.16. The minimum atomic E-state index is -0.318. The average Bonchev–Trinajstić information content (AvgIpc) is 2.77. The molecule has 16 heavy (non-hydrogen) atoms. The van der Waals surface area contributed by atoms with E-state index in [2.05, 4.69) is 10.3 Å². The largest absolute Gasteiger partial charge is 0.307 e. The van der Waals surface area contributed by atoms with E-state index in [0.717, 1.165) is 5.01 Å². The molecule has 0 aliphatic heterocycles. The lowest BCUT2D eigenvalue weighted by Crippen LogP contribution is -2.19. The van der Waals surface area contributed by atoms with Crippen LogP contribution >= 0.6 is 22.9 Å². The van der Waals surface area contributed by atoms with E-state index in [0.29, 0.717) is 10.6 Å². The molecule has 0 amide bonds. The fraction of sp³-hybridized carbons (Fsp3) is 0.182. The Morgan fingerprint density at radius 3 is 2.88 bits per heavy atom. The summed E-state index contributed by atoms with van der Waals surface area (Å²) < 4.78 is 13.7. The SMILES string of the molecule is CNC(c1nccs1)c1c(F)cccc1Cl. The van der Waals surface area contributed by atoms with Gasteiger partial charge >= 0.3 is 0 Å². The second-order valence-corrected chi connectivity index (χ2v) is 4.56. The fourth-order valence-electron chi connectivity index (χ4n) is 1.55. The van der Waals surface area contributed by atoms with Crippen LogP contribution in [0.25, 0.3) is 0 Å². The van der Waals surface area contributed by atoms with Gasteiger partial charge < -0.3 is 5.32 Å². The van der Waals surface area contributed by atoms with Gasteiger partial charge in [-0.2, -0.15) is 0 Å². The van der Waals surface area contributed by atoms with Crippen molar-refractivity contribution in [3.8, 4) is 0 Å². The molecule has 1 unspecified atom stereocenters. The van der Waals surface area contributed by atoms with Crippen LogP contribution < -0.4 is 5.32 Å². The van der Waals surface area contributed by atoms with Gasteiger partial charge in [0.05, 0.1) is 6.04 Å². The maximum atomic E-state index is 13.7. The molecule has 1 atom stereocenters. The second kappa shape index (κ2) is 4.91. The number of hydrogen-bond acceptors (Lipinski definition) is 3. The van der Waals surface area contributed by atoms with Gasteiger partial charge in [0.2, 0.25) is 0 Å². The Hall–Kier alpha value is -0.970. The molecule has 0 spiro atoms. The van der Waals surface area contributed by atoms with Crippen molar-refractivity contribution in [3.05, 3.63) is 51.2 Å². The molecule has 0 aliphatic rings. The Morgan fingerprint density at radius 1 is 1.50 bits per heavy atom. The van der Waals surface area contributed by atoms with E-state index in [-0.39, 0.29) is 11.9 Å². The number of thiazole rings is 1. The van der Waals surface area contributed by atoms with Crippen LogP contribution in [0.15, 0.2) is 29.8 Å². The summed E-state index contributed by atoms with van der Waals surface area (Å²) in [5.41, 5.74) is 0.446. The third kappa shape index (κ3) is 2.09. The highest BCUT2D eigenvalue weighted by Gasteiger charge is 2.21. The predicted octanol–water partition coefficient (Wildman–Crippen LogP) is 3.24. The van der Waals surface area contributed by atoms with Gasteiger partial charge in [0.15, 0.2) is 0 Å². The van der Waals surface area contributed by atoms with Crippen molar-refractivity contribution >= 4 is 22.9 Å². The lowest BCUT2D eigenvalue weighted by molar-refractivity contribution is 0.575. The molecule has 0 saturated carbocycles. The topological polar surface area (TPSA) is 24.9 Å². The van der Waals surface area contributed by atoms with Gasteiger partial charge in [0.1, 0.15) is 10.8 Å². The van der Waals surface area contributed by atoms with E-state index in [1.165, 1.54) is 17.4 Å². The van der Waals surface area contributed by atoms with Crippen molar-refractivity contribution in [1.29, 1.82) is 0 Å². The fourth-order valence-corrected chi connectivity index (χ4v) is 2.58. The van der Waals surface area contributed by atoms with Crippen LogP contribution in [0, 0.1) is 5.82 Å². The first-order valence-electron chi connectivity index (χ1n) is 4.74. The third-order valence-corrected chi connectivity index (χ3v) is 3.45. The zero-order chi connectivity index (χ0) is 11.5. The smallest absolute Gasteiger partial charge is 0.129 e. The summed E-state index contributed by atoms with van der Waals surface area (Å²) in [6, 6.07) is 4.38. The van der Waals surface area contributed by atoms with Gasteiger partial charge in [-0.15, -0.1) is 11.3 Å².